The Morgan fingerprint density at radius 1 is 1.00 bits per heavy atom. The molecular formula is C16H15F2. The maximum Gasteiger partial charge on any atom is 0.129 e. The maximum absolute atomic E-state index is 14.0. The Labute approximate surface area is 106 Å². The molecule has 18 heavy (non-hydrogen) atoms. The van der Waals surface area contributed by atoms with Crippen molar-refractivity contribution in [3.8, 4) is 11.1 Å². The predicted molar refractivity (Wildman–Crippen MR) is 69.4 cm³/mol. The molecule has 0 fully saturated rings. The molecule has 0 spiro atoms. The van der Waals surface area contributed by atoms with Crippen LogP contribution in [0.15, 0.2) is 30.3 Å². The Balaban J connectivity index is 2.58. The maximum atomic E-state index is 14.0. The summed E-state index contributed by atoms with van der Waals surface area (Å²) >= 11 is 0. The molecule has 93 valence electrons. The lowest BCUT2D eigenvalue weighted by Gasteiger charge is -2.10. The van der Waals surface area contributed by atoms with Crippen molar-refractivity contribution in [1.29, 1.82) is 0 Å². The second-order valence-corrected chi connectivity index (χ2v) is 4.24. The van der Waals surface area contributed by atoms with Crippen LogP contribution in [-0.2, 0) is 12.8 Å². The van der Waals surface area contributed by atoms with E-state index in [1.54, 1.807) is 18.2 Å². The molecule has 0 amide bonds. The Morgan fingerprint density at radius 3 is 2.11 bits per heavy atom. The second-order valence-electron chi connectivity index (χ2n) is 4.24. The molecule has 0 N–H and O–H groups in total. The summed E-state index contributed by atoms with van der Waals surface area (Å²) in [4.78, 5) is 0. The molecule has 0 saturated heterocycles. The van der Waals surface area contributed by atoms with Crippen LogP contribution in [0, 0.1) is 17.7 Å². The summed E-state index contributed by atoms with van der Waals surface area (Å²) < 4.78 is 27.2. The number of hydrogen-bond donors (Lipinski definition) is 0. The Hall–Kier alpha value is -1.70. The van der Waals surface area contributed by atoms with Crippen LogP contribution in [0.1, 0.15) is 25.0 Å². The third kappa shape index (κ3) is 2.42. The first-order chi connectivity index (χ1) is 8.65. The molecule has 2 aromatic rings. The normalized spacial score (nSPS) is 10.7. The van der Waals surface area contributed by atoms with Gasteiger partial charge < -0.3 is 0 Å². The topological polar surface area (TPSA) is 0 Å². The van der Waals surface area contributed by atoms with E-state index in [2.05, 4.69) is 6.07 Å². The molecule has 0 nitrogen and oxygen atoms in total. The highest BCUT2D eigenvalue weighted by molar-refractivity contribution is 5.65. The van der Waals surface area contributed by atoms with Gasteiger partial charge in [-0.25, -0.2) is 8.78 Å². The van der Waals surface area contributed by atoms with Crippen LogP contribution >= 0.6 is 0 Å². The van der Waals surface area contributed by atoms with Gasteiger partial charge in [0.25, 0.3) is 0 Å². The lowest BCUT2D eigenvalue weighted by Crippen LogP contribution is -1.96. The smallest absolute Gasteiger partial charge is 0.129 e. The number of halogens is 2. The van der Waals surface area contributed by atoms with Crippen LogP contribution in [0.2, 0.25) is 0 Å². The third-order valence-electron chi connectivity index (χ3n) is 3.06. The summed E-state index contributed by atoms with van der Waals surface area (Å²) in [6.45, 7) is 3.83. The first-order valence-electron chi connectivity index (χ1n) is 6.14. The van der Waals surface area contributed by atoms with Crippen molar-refractivity contribution in [1.82, 2.24) is 0 Å². The fourth-order valence-corrected chi connectivity index (χ4v) is 2.03. The molecule has 1 radical (unpaired) electrons. The van der Waals surface area contributed by atoms with Gasteiger partial charge in [0.2, 0.25) is 0 Å². The zero-order chi connectivity index (χ0) is 13.1. The lowest BCUT2D eigenvalue weighted by molar-refractivity contribution is 0.597. The lowest BCUT2D eigenvalue weighted by atomic mass is 9.97. The van der Waals surface area contributed by atoms with E-state index in [1.165, 1.54) is 12.1 Å². The van der Waals surface area contributed by atoms with Crippen molar-refractivity contribution in [3.05, 3.63) is 59.2 Å². The van der Waals surface area contributed by atoms with Crippen LogP contribution < -0.4 is 0 Å². The Bertz CT molecular complexity index is 534. The van der Waals surface area contributed by atoms with E-state index < -0.39 is 0 Å². The van der Waals surface area contributed by atoms with Gasteiger partial charge in [-0.15, -0.1) is 0 Å². The number of benzene rings is 2. The van der Waals surface area contributed by atoms with Gasteiger partial charge in [-0.1, -0.05) is 19.9 Å². The van der Waals surface area contributed by atoms with Crippen LogP contribution in [-0.4, -0.2) is 0 Å². The van der Waals surface area contributed by atoms with Crippen LogP contribution in [0.4, 0.5) is 8.78 Å². The number of aryl methyl sites for hydroxylation is 2. The summed E-state index contributed by atoms with van der Waals surface area (Å²) in [7, 11) is 0. The van der Waals surface area contributed by atoms with E-state index in [0.717, 1.165) is 5.56 Å². The average molecular weight is 245 g/mol. The van der Waals surface area contributed by atoms with E-state index in [1.807, 2.05) is 13.8 Å². The summed E-state index contributed by atoms with van der Waals surface area (Å²) in [5.74, 6) is -0.440. The van der Waals surface area contributed by atoms with Crippen LogP contribution in [0.5, 0.6) is 0 Å². The Kier molecular flexibility index (Phi) is 3.75. The first-order valence-corrected chi connectivity index (χ1v) is 6.14. The molecule has 0 atom stereocenters. The van der Waals surface area contributed by atoms with Crippen molar-refractivity contribution < 1.29 is 8.78 Å². The van der Waals surface area contributed by atoms with Gasteiger partial charge in [0, 0.05) is 0 Å². The first kappa shape index (κ1) is 12.7. The van der Waals surface area contributed by atoms with Gasteiger partial charge in [0.15, 0.2) is 0 Å². The summed E-state index contributed by atoms with van der Waals surface area (Å²) in [5.41, 5.74) is 2.83. The largest absolute Gasteiger partial charge is 0.207 e. The van der Waals surface area contributed by atoms with E-state index in [4.69, 9.17) is 0 Å². The van der Waals surface area contributed by atoms with Crippen molar-refractivity contribution in [2.75, 3.05) is 0 Å². The highest BCUT2D eigenvalue weighted by Crippen LogP contribution is 2.26. The highest BCUT2D eigenvalue weighted by Gasteiger charge is 2.10. The molecule has 0 aliphatic carbocycles. The molecule has 2 rings (SSSR count). The van der Waals surface area contributed by atoms with Crippen LogP contribution in [0.25, 0.3) is 11.1 Å². The van der Waals surface area contributed by atoms with Crippen molar-refractivity contribution in [3.63, 3.8) is 0 Å². The average Bonchev–Trinajstić information content (AvgIpc) is 2.39. The van der Waals surface area contributed by atoms with Gasteiger partial charge >= 0.3 is 0 Å². The minimum atomic E-state index is -0.302. The van der Waals surface area contributed by atoms with Gasteiger partial charge in [-0.3, -0.25) is 0 Å². The van der Waals surface area contributed by atoms with Gasteiger partial charge in [-0.05, 0) is 65.4 Å². The molecule has 0 saturated carbocycles. The van der Waals surface area contributed by atoms with Crippen molar-refractivity contribution >= 4 is 0 Å². The molecule has 0 heterocycles. The van der Waals surface area contributed by atoms with E-state index in [-0.39, 0.29) is 11.6 Å². The standard InChI is InChI=1S/C16H15F2/c1-3-11-8-14(9-12(4-2)16(11)18)13-6-5-7-15(17)10-13/h5,7-10H,3-4H2,1-2H3. The Morgan fingerprint density at radius 2 is 1.61 bits per heavy atom. The molecule has 2 heteroatoms. The van der Waals surface area contributed by atoms with Gasteiger partial charge in [0.05, 0.1) is 0 Å². The third-order valence-corrected chi connectivity index (χ3v) is 3.06. The fourth-order valence-electron chi connectivity index (χ4n) is 2.03. The number of hydrogen-bond acceptors (Lipinski definition) is 0. The van der Waals surface area contributed by atoms with Crippen molar-refractivity contribution in [2.45, 2.75) is 26.7 Å². The molecule has 0 aliphatic rings. The zero-order valence-corrected chi connectivity index (χ0v) is 10.6. The molecule has 0 unspecified atom stereocenters. The van der Waals surface area contributed by atoms with Gasteiger partial charge in [0.1, 0.15) is 11.6 Å². The summed E-state index contributed by atoms with van der Waals surface area (Å²) in [6.07, 6.45) is 1.25. The molecular weight excluding hydrogens is 230 g/mol. The zero-order valence-electron chi connectivity index (χ0n) is 10.6. The quantitative estimate of drug-likeness (QED) is 0.743. The van der Waals surface area contributed by atoms with Gasteiger partial charge in [-0.2, -0.15) is 0 Å². The highest BCUT2D eigenvalue weighted by atomic mass is 19.1. The molecule has 0 aromatic heterocycles. The SMILES string of the molecule is CCc1cc(-c2[c]ccc(F)c2)cc(CC)c1F. The second kappa shape index (κ2) is 5.30. The summed E-state index contributed by atoms with van der Waals surface area (Å²) in [5, 5.41) is 0. The number of rotatable bonds is 3. The van der Waals surface area contributed by atoms with Crippen LogP contribution in [0.3, 0.4) is 0 Å². The fraction of sp³-hybridized carbons (Fsp3) is 0.250. The predicted octanol–water partition coefficient (Wildman–Crippen LogP) is 4.56. The van der Waals surface area contributed by atoms with E-state index in [9.17, 15) is 8.78 Å². The summed E-state index contributed by atoms with van der Waals surface area (Å²) in [6, 6.07) is 10.9. The monoisotopic (exact) mass is 245 g/mol. The minimum absolute atomic E-state index is 0.139. The van der Waals surface area contributed by atoms with Crippen molar-refractivity contribution in [2.24, 2.45) is 0 Å². The van der Waals surface area contributed by atoms with E-state index >= 15 is 0 Å². The minimum Gasteiger partial charge on any atom is -0.207 e. The molecule has 2 aromatic carbocycles. The van der Waals surface area contributed by atoms with E-state index in [0.29, 0.717) is 29.5 Å². The molecule has 0 bridgehead atoms. The molecule has 0 aliphatic heterocycles.